The van der Waals surface area contributed by atoms with E-state index in [0.717, 1.165) is 16.9 Å². The van der Waals surface area contributed by atoms with Crippen molar-refractivity contribution in [3.05, 3.63) is 29.0 Å². The van der Waals surface area contributed by atoms with Crippen molar-refractivity contribution in [1.82, 2.24) is 9.55 Å². The zero-order valence-corrected chi connectivity index (χ0v) is 14.6. The Morgan fingerprint density at radius 2 is 2.00 bits per heavy atom. The number of benzene rings is 1. The van der Waals surface area contributed by atoms with Crippen molar-refractivity contribution in [2.45, 2.75) is 31.6 Å². The van der Waals surface area contributed by atoms with E-state index < -0.39 is 14.6 Å². The number of aryl methyl sites for hydroxylation is 1. The summed E-state index contributed by atoms with van der Waals surface area (Å²) in [5.74, 6) is 1.20. The fraction of sp³-hybridized carbons (Fsp3) is 0.500. The third-order valence-electron chi connectivity index (χ3n) is 3.65. The highest BCUT2D eigenvalue weighted by molar-refractivity contribution is 7.92. The molecule has 0 radical (unpaired) electrons. The van der Waals surface area contributed by atoms with Gasteiger partial charge in [-0.2, -0.15) is 0 Å². The molecule has 1 heterocycles. The standard InChI is InChI=1S/C14H18Cl2N2O2S/c1-14(2,21(3,19)20)9-18-12-8-10(16)4-5-11(12)17-13(18)6-7-15/h4-5,8H,6-7,9H2,1-3H3. The largest absolute Gasteiger partial charge is 0.326 e. The topological polar surface area (TPSA) is 52.0 Å². The van der Waals surface area contributed by atoms with Crippen LogP contribution in [0.3, 0.4) is 0 Å². The first-order valence-electron chi connectivity index (χ1n) is 6.56. The second kappa shape index (κ2) is 5.78. The summed E-state index contributed by atoms with van der Waals surface area (Å²) in [5.41, 5.74) is 1.63. The van der Waals surface area contributed by atoms with Crippen LogP contribution in [0.15, 0.2) is 18.2 Å². The first kappa shape index (κ1) is 16.6. The highest BCUT2D eigenvalue weighted by Gasteiger charge is 2.32. The van der Waals surface area contributed by atoms with Crippen LogP contribution < -0.4 is 0 Å². The lowest BCUT2D eigenvalue weighted by Gasteiger charge is -2.24. The molecular weight excluding hydrogens is 331 g/mol. The molecular formula is C14H18Cl2N2O2S. The lowest BCUT2D eigenvalue weighted by atomic mass is 10.2. The number of rotatable bonds is 5. The SMILES string of the molecule is CC(C)(Cn1c(CCCl)nc2ccc(Cl)cc21)S(C)(=O)=O. The van der Waals surface area contributed by atoms with Crippen LogP contribution in [-0.4, -0.2) is 34.9 Å². The molecule has 4 nitrogen and oxygen atoms in total. The van der Waals surface area contributed by atoms with Gasteiger partial charge >= 0.3 is 0 Å². The van der Waals surface area contributed by atoms with Gasteiger partial charge in [-0.1, -0.05) is 11.6 Å². The van der Waals surface area contributed by atoms with Gasteiger partial charge in [0.15, 0.2) is 9.84 Å². The maximum atomic E-state index is 12.0. The van der Waals surface area contributed by atoms with Crippen molar-refractivity contribution in [1.29, 1.82) is 0 Å². The summed E-state index contributed by atoms with van der Waals surface area (Å²) < 4.78 is 24.9. The first-order chi connectivity index (χ1) is 9.65. The molecule has 0 atom stereocenters. The van der Waals surface area contributed by atoms with E-state index in [4.69, 9.17) is 23.2 Å². The molecule has 0 spiro atoms. The predicted octanol–water partition coefficient (Wildman–Crippen LogP) is 3.29. The number of aromatic nitrogens is 2. The summed E-state index contributed by atoms with van der Waals surface area (Å²) in [5, 5.41) is 0.596. The van der Waals surface area contributed by atoms with Crippen molar-refractivity contribution in [2.75, 3.05) is 12.1 Å². The smallest absolute Gasteiger partial charge is 0.154 e. The van der Waals surface area contributed by atoms with Crippen LogP contribution in [0, 0.1) is 0 Å². The van der Waals surface area contributed by atoms with E-state index in [0.29, 0.717) is 23.9 Å². The lowest BCUT2D eigenvalue weighted by Crippen LogP contribution is -2.36. The van der Waals surface area contributed by atoms with Gasteiger partial charge in [-0.3, -0.25) is 0 Å². The molecule has 0 aliphatic carbocycles. The summed E-state index contributed by atoms with van der Waals surface area (Å²) in [6.45, 7) is 3.74. The molecule has 7 heteroatoms. The molecule has 0 unspecified atom stereocenters. The lowest BCUT2D eigenvalue weighted by molar-refractivity contribution is 0.501. The third kappa shape index (κ3) is 3.35. The van der Waals surface area contributed by atoms with Crippen LogP contribution in [0.25, 0.3) is 11.0 Å². The Hall–Kier alpha value is -0.780. The molecule has 0 fully saturated rings. The van der Waals surface area contributed by atoms with Crippen LogP contribution in [0.4, 0.5) is 0 Å². The van der Waals surface area contributed by atoms with E-state index in [1.807, 2.05) is 10.6 Å². The van der Waals surface area contributed by atoms with E-state index in [1.165, 1.54) is 6.26 Å². The van der Waals surface area contributed by atoms with E-state index in [2.05, 4.69) is 4.98 Å². The third-order valence-corrected chi connectivity index (χ3v) is 6.21. The second-order valence-electron chi connectivity index (χ2n) is 5.72. The first-order valence-corrected chi connectivity index (χ1v) is 9.36. The van der Waals surface area contributed by atoms with Gasteiger partial charge in [0.25, 0.3) is 0 Å². The number of halogens is 2. The summed E-state index contributed by atoms with van der Waals surface area (Å²) in [6.07, 6.45) is 1.83. The van der Waals surface area contributed by atoms with Crippen LogP contribution in [-0.2, 0) is 22.8 Å². The highest BCUT2D eigenvalue weighted by Crippen LogP contribution is 2.26. The molecule has 2 rings (SSSR count). The summed E-state index contributed by atoms with van der Waals surface area (Å²) in [4.78, 5) is 4.53. The number of hydrogen-bond acceptors (Lipinski definition) is 3. The quantitative estimate of drug-likeness (QED) is 0.779. The Kier molecular flexibility index (Phi) is 4.57. The van der Waals surface area contributed by atoms with Gasteiger partial charge in [0.1, 0.15) is 5.82 Å². The molecule has 0 aliphatic heterocycles. The average Bonchev–Trinajstić information content (AvgIpc) is 2.66. The Morgan fingerprint density at radius 3 is 2.57 bits per heavy atom. The fourth-order valence-corrected chi connectivity index (χ4v) is 2.79. The number of alkyl halides is 1. The number of imidazole rings is 1. The van der Waals surface area contributed by atoms with E-state index in [1.54, 1.807) is 26.0 Å². The number of hydrogen-bond donors (Lipinski definition) is 0. The minimum atomic E-state index is -3.20. The van der Waals surface area contributed by atoms with E-state index in [-0.39, 0.29) is 0 Å². The zero-order valence-electron chi connectivity index (χ0n) is 12.2. The maximum Gasteiger partial charge on any atom is 0.154 e. The normalized spacial score (nSPS) is 13.0. The molecule has 21 heavy (non-hydrogen) atoms. The molecule has 116 valence electrons. The van der Waals surface area contributed by atoms with Gasteiger partial charge in [0, 0.05) is 30.1 Å². The predicted molar refractivity (Wildman–Crippen MR) is 88.1 cm³/mol. The Labute approximate surface area is 135 Å². The van der Waals surface area contributed by atoms with E-state index >= 15 is 0 Å². The Balaban J connectivity index is 2.60. The Bertz CT molecular complexity index is 767. The molecule has 1 aromatic heterocycles. The van der Waals surface area contributed by atoms with Gasteiger partial charge < -0.3 is 4.57 Å². The monoisotopic (exact) mass is 348 g/mol. The van der Waals surface area contributed by atoms with Gasteiger partial charge in [0.2, 0.25) is 0 Å². The molecule has 0 saturated heterocycles. The van der Waals surface area contributed by atoms with Gasteiger partial charge in [0.05, 0.1) is 15.8 Å². The molecule has 0 saturated carbocycles. The van der Waals surface area contributed by atoms with Crippen molar-refractivity contribution in [3.63, 3.8) is 0 Å². The molecule has 1 aromatic carbocycles. The van der Waals surface area contributed by atoms with Crippen LogP contribution in [0.1, 0.15) is 19.7 Å². The fourth-order valence-electron chi connectivity index (χ4n) is 2.10. The Morgan fingerprint density at radius 1 is 1.33 bits per heavy atom. The zero-order chi connectivity index (χ0) is 15.8. The minimum absolute atomic E-state index is 0.314. The summed E-state index contributed by atoms with van der Waals surface area (Å²) >= 11 is 11.9. The molecule has 0 N–H and O–H groups in total. The van der Waals surface area contributed by atoms with Crippen molar-refractivity contribution < 1.29 is 8.42 Å². The number of nitrogens with zero attached hydrogens (tertiary/aromatic N) is 2. The average molecular weight is 349 g/mol. The second-order valence-corrected chi connectivity index (χ2v) is 9.18. The van der Waals surface area contributed by atoms with Crippen LogP contribution >= 0.6 is 23.2 Å². The van der Waals surface area contributed by atoms with Crippen molar-refractivity contribution >= 4 is 44.1 Å². The molecule has 0 aliphatic rings. The summed E-state index contributed by atoms with van der Waals surface area (Å²) in [7, 11) is -3.20. The molecule has 0 amide bonds. The number of fused-ring (bicyclic) bond motifs is 1. The van der Waals surface area contributed by atoms with Gasteiger partial charge in [-0.25, -0.2) is 13.4 Å². The van der Waals surface area contributed by atoms with E-state index in [9.17, 15) is 8.42 Å². The highest BCUT2D eigenvalue weighted by atomic mass is 35.5. The van der Waals surface area contributed by atoms with Gasteiger partial charge in [-0.05, 0) is 32.0 Å². The van der Waals surface area contributed by atoms with Crippen molar-refractivity contribution in [2.24, 2.45) is 0 Å². The van der Waals surface area contributed by atoms with Crippen molar-refractivity contribution in [3.8, 4) is 0 Å². The minimum Gasteiger partial charge on any atom is -0.326 e. The van der Waals surface area contributed by atoms with Gasteiger partial charge in [-0.15, -0.1) is 11.6 Å². The van der Waals surface area contributed by atoms with Crippen LogP contribution in [0.5, 0.6) is 0 Å². The molecule has 0 bridgehead atoms. The summed E-state index contributed by atoms with van der Waals surface area (Å²) in [6, 6.07) is 5.41. The molecule has 2 aromatic rings. The van der Waals surface area contributed by atoms with Crippen LogP contribution in [0.2, 0.25) is 5.02 Å². The number of sulfone groups is 1. The maximum absolute atomic E-state index is 12.0.